The topological polar surface area (TPSA) is 26.8 Å². The van der Waals surface area contributed by atoms with Gasteiger partial charge in [0.25, 0.3) is 0 Å². The van der Waals surface area contributed by atoms with Crippen LogP contribution in [0, 0.1) is 11.8 Å². The van der Waals surface area contributed by atoms with E-state index >= 15 is 0 Å². The van der Waals surface area contributed by atoms with Crippen LogP contribution in [0.5, 0.6) is 0 Å². The summed E-state index contributed by atoms with van der Waals surface area (Å²) in [6.45, 7) is 9.49. The zero-order valence-corrected chi connectivity index (χ0v) is 12.2. The van der Waals surface area contributed by atoms with Crippen molar-refractivity contribution in [3.8, 4) is 0 Å². The van der Waals surface area contributed by atoms with Gasteiger partial charge in [-0.2, -0.15) is 0 Å². The Morgan fingerprint density at radius 3 is 2.05 bits per heavy atom. The second-order valence-corrected chi connectivity index (χ2v) is 6.68. The molecule has 3 aliphatic rings. The molecule has 1 aliphatic carbocycles. The molecule has 0 aromatic carbocycles. The fourth-order valence-electron chi connectivity index (χ4n) is 3.19. The normalized spacial score (nSPS) is 26.8. The third-order valence-electron chi connectivity index (χ3n) is 4.91. The molecule has 3 rings (SSSR count). The SMILES string of the molecule is CC1CCN(C(=O)N2CCN(CC3CC3)CC2)CC1. The van der Waals surface area contributed by atoms with E-state index in [1.54, 1.807) is 0 Å². The van der Waals surface area contributed by atoms with E-state index in [1.807, 2.05) is 0 Å². The maximum atomic E-state index is 12.4. The Balaban J connectivity index is 1.43. The molecule has 1 saturated carbocycles. The number of piperidine rings is 1. The minimum Gasteiger partial charge on any atom is -0.325 e. The fourth-order valence-corrected chi connectivity index (χ4v) is 3.19. The van der Waals surface area contributed by atoms with Gasteiger partial charge in [0.05, 0.1) is 0 Å². The number of hydrogen-bond acceptors (Lipinski definition) is 2. The Hall–Kier alpha value is -0.770. The van der Waals surface area contributed by atoms with E-state index in [1.165, 1.54) is 32.2 Å². The van der Waals surface area contributed by atoms with E-state index in [0.717, 1.165) is 51.1 Å². The number of rotatable bonds is 2. The van der Waals surface area contributed by atoms with Crippen LogP contribution in [0.25, 0.3) is 0 Å². The molecule has 2 aliphatic heterocycles. The zero-order chi connectivity index (χ0) is 13.2. The van der Waals surface area contributed by atoms with Crippen molar-refractivity contribution < 1.29 is 4.79 Å². The lowest BCUT2D eigenvalue weighted by molar-refractivity contribution is 0.101. The molecule has 2 amide bonds. The minimum absolute atomic E-state index is 0.290. The fraction of sp³-hybridized carbons (Fsp3) is 0.933. The van der Waals surface area contributed by atoms with Gasteiger partial charge < -0.3 is 9.80 Å². The molecule has 3 fully saturated rings. The summed E-state index contributed by atoms with van der Waals surface area (Å²) in [7, 11) is 0. The lowest BCUT2D eigenvalue weighted by Crippen LogP contribution is -2.54. The van der Waals surface area contributed by atoms with Crippen LogP contribution in [0.4, 0.5) is 4.79 Å². The first kappa shape index (κ1) is 13.2. The van der Waals surface area contributed by atoms with E-state index in [-0.39, 0.29) is 6.03 Å². The summed E-state index contributed by atoms with van der Waals surface area (Å²) in [6, 6.07) is 0.290. The highest BCUT2D eigenvalue weighted by molar-refractivity contribution is 5.74. The second kappa shape index (κ2) is 5.70. The summed E-state index contributed by atoms with van der Waals surface area (Å²) in [6.07, 6.45) is 5.19. The van der Waals surface area contributed by atoms with Crippen molar-refractivity contribution in [3.63, 3.8) is 0 Å². The molecule has 0 bridgehead atoms. The van der Waals surface area contributed by atoms with Gasteiger partial charge in [0, 0.05) is 45.8 Å². The predicted molar refractivity (Wildman–Crippen MR) is 76.1 cm³/mol. The van der Waals surface area contributed by atoms with Crippen molar-refractivity contribution in [2.75, 3.05) is 45.8 Å². The van der Waals surface area contributed by atoms with E-state index < -0.39 is 0 Å². The maximum absolute atomic E-state index is 12.4. The van der Waals surface area contributed by atoms with Gasteiger partial charge in [-0.15, -0.1) is 0 Å². The Kier molecular flexibility index (Phi) is 3.96. The lowest BCUT2D eigenvalue weighted by atomic mass is 9.99. The van der Waals surface area contributed by atoms with Gasteiger partial charge in [0.15, 0.2) is 0 Å². The van der Waals surface area contributed by atoms with Crippen molar-refractivity contribution in [2.24, 2.45) is 11.8 Å². The van der Waals surface area contributed by atoms with Gasteiger partial charge >= 0.3 is 6.03 Å². The molecule has 4 heteroatoms. The summed E-state index contributed by atoms with van der Waals surface area (Å²) in [5.41, 5.74) is 0. The van der Waals surface area contributed by atoms with Crippen molar-refractivity contribution >= 4 is 6.03 Å². The van der Waals surface area contributed by atoms with E-state index in [0.29, 0.717) is 0 Å². The standard InChI is InChI=1S/C15H27N3O/c1-13-4-6-17(7-5-13)15(19)18-10-8-16(9-11-18)12-14-2-3-14/h13-14H,2-12H2,1H3. The van der Waals surface area contributed by atoms with Crippen molar-refractivity contribution in [1.82, 2.24) is 14.7 Å². The van der Waals surface area contributed by atoms with Gasteiger partial charge in [0.1, 0.15) is 0 Å². The number of piperazine rings is 1. The molecule has 0 spiro atoms. The first-order valence-corrected chi connectivity index (χ1v) is 7.98. The van der Waals surface area contributed by atoms with E-state index in [9.17, 15) is 4.79 Å². The third kappa shape index (κ3) is 3.41. The van der Waals surface area contributed by atoms with Gasteiger partial charge in [0.2, 0.25) is 0 Å². The van der Waals surface area contributed by atoms with E-state index in [4.69, 9.17) is 0 Å². The highest BCUT2D eigenvalue weighted by atomic mass is 16.2. The zero-order valence-electron chi connectivity index (χ0n) is 12.2. The minimum atomic E-state index is 0.290. The van der Waals surface area contributed by atoms with Crippen LogP contribution in [-0.2, 0) is 0 Å². The molecular weight excluding hydrogens is 238 g/mol. The molecule has 0 N–H and O–H groups in total. The van der Waals surface area contributed by atoms with Gasteiger partial charge in [-0.1, -0.05) is 6.92 Å². The number of carbonyl (C=O) groups is 1. The summed E-state index contributed by atoms with van der Waals surface area (Å²) in [4.78, 5) is 19.1. The third-order valence-corrected chi connectivity index (χ3v) is 4.91. The Labute approximate surface area is 116 Å². The van der Waals surface area contributed by atoms with Gasteiger partial charge in [-0.25, -0.2) is 4.79 Å². The van der Waals surface area contributed by atoms with E-state index in [2.05, 4.69) is 21.6 Å². The molecule has 0 aromatic rings. The molecule has 4 nitrogen and oxygen atoms in total. The maximum Gasteiger partial charge on any atom is 0.320 e. The van der Waals surface area contributed by atoms with Gasteiger partial charge in [-0.3, -0.25) is 4.90 Å². The monoisotopic (exact) mass is 265 g/mol. The molecule has 0 atom stereocenters. The van der Waals surface area contributed by atoms with Crippen LogP contribution >= 0.6 is 0 Å². The van der Waals surface area contributed by atoms with Crippen LogP contribution in [0.15, 0.2) is 0 Å². The summed E-state index contributed by atoms with van der Waals surface area (Å²) in [5, 5.41) is 0. The van der Waals surface area contributed by atoms with Crippen LogP contribution < -0.4 is 0 Å². The average Bonchev–Trinajstić information content (AvgIpc) is 3.24. The largest absolute Gasteiger partial charge is 0.325 e. The molecule has 2 saturated heterocycles. The molecule has 0 aromatic heterocycles. The number of carbonyl (C=O) groups excluding carboxylic acids is 1. The molecule has 2 heterocycles. The lowest BCUT2D eigenvalue weighted by Gasteiger charge is -2.39. The number of amides is 2. The Bertz CT molecular complexity index is 313. The summed E-state index contributed by atoms with van der Waals surface area (Å²) >= 11 is 0. The van der Waals surface area contributed by atoms with Crippen LogP contribution in [0.3, 0.4) is 0 Å². The predicted octanol–water partition coefficient (Wildman–Crippen LogP) is 1.87. The van der Waals surface area contributed by atoms with Crippen molar-refractivity contribution in [2.45, 2.75) is 32.6 Å². The average molecular weight is 265 g/mol. The number of hydrogen-bond donors (Lipinski definition) is 0. The molecular formula is C15H27N3O. The van der Waals surface area contributed by atoms with Crippen LogP contribution in [0.1, 0.15) is 32.6 Å². The Morgan fingerprint density at radius 2 is 1.47 bits per heavy atom. The molecule has 0 radical (unpaired) electrons. The van der Waals surface area contributed by atoms with Crippen molar-refractivity contribution in [1.29, 1.82) is 0 Å². The summed E-state index contributed by atoms with van der Waals surface area (Å²) in [5.74, 6) is 1.75. The first-order valence-electron chi connectivity index (χ1n) is 7.98. The smallest absolute Gasteiger partial charge is 0.320 e. The van der Waals surface area contributed by atoms with Crippen LogP contribution in [0.2, 0.25) is 0 Å². The van der Waals surface area contributed by atoms with Gasteiger partial charge in [-0.05, 0) is 37.5 Å². The molecule has 108 valence electrons. The highest BCUT2D eigenvalue weighted by Gasteiger charge is 2.30. The second-order valence-electron chi connectivity index (χ2n) is 6.68. The molecule has 19 heavy (non-hydrogen) atoms. The van der Waals surface area contributed by atoms with Crippen LogP contribution in [-0.4, -0.2) is 66.5 Å². The first-order chi connectivity index (χ1) is 9.22. The number of nitrogens with zero attached hydrogens (tertiary/aromatic N) is 3. The number of likely N-dealkylation sites (tertiary alicyclic amines) is 1. The summed E-state index contributed by atoms with van der Waals surface area (Å²) < 4.78 is 0. The quantitative estimate of drug-likeness (QED) is 0.762. The number of urea groups is 1. The molecule has 0 unspecified atom stereocenters. The van der Waals surface area contributed by atoms with Crippen molar-refractivity contribution in [3.05, 3.63) is 0 Å². The Morgan fingerprint density at radius 1 is 0.895 bits per heavy atom. The highest BCUT2D eigenvalue weighted by Crippen LogP contribution is 2.30.